The molecular weight excluding hydrogens is 270 g/mol. The van der Waals surface area contributed by atoms with Crippen molar-refractivity contribution < 1.29 is 9.21 Å². The van der Waals surface area contributed by atoms with E-state index < -0.39 is 0 Å². The van der Waals surface area contributed by atoms with Crippen molar-refractivity contribution in [1.29, 1.82) is 0 Å². The second-order valence-electron chi connectivity index (χ2n) is 4.53. The topological polar surface area (TPSA) is 33.5 Å². The van der Waals surface area contributed by atoms with Crippen molar-refractivity contribution in [1.82, 2.24) is 4.90 Å². The quantitative estimate of drug-likeness (QED) is 0.575. The van der Waals surface area contributed by atoms with Gasteiger partial charge in [-0.25, -0.2) is 0 Å². The van der Waals surface area contributed by atoms with Crippen molar-refractivity contribution in [3.63, 3.8) is 0 Å². The maximum atomic E-state index is 12.3. The van der Waals surface area contributed by atoms with Crippen molar-refractivity contribution in [2.24, 2.45) is 0 Å². The lowest BCUT2D eigenvalue weighted by molar-refractivity contribution is 0.0925. The minimum absolute atomic E-state index is 0.144. The van der Waals surface area contributed by atoms with Gasteiger partial charge in [0, 0.05) is 10.5 Å². The van der Waals surface area contributed by atoms with Crippen molar-refractivity contribution in [3.8, 4) is 0 Å². The molecule has 2 rings (SSSR count). The van der Waals surface area contributed by atoms with Crippen molar-refractivity contribution in [3.05, 3.63) is 54.0 Å². The highest BCUT2D eigenvalue weighted by molar-refractivity contribution is 7.98. The summed E-state index contributed by atoms with van der Waals surface area (Å²) in [7, 11) is 0. The maximum absolute atomic E-state index is 12.3. The summed E-state index contributed by atoms with van der Waals surface area (Å²) >= 11 is 1.68. The number of hydrogen-bond acceptors (Lipinski definition) is 4. The summed E-state index contributed by atoms with van der Waals surface area (Å²) in [6, 6.07) is 11.6. The van der Waals surface area contributed by atoms with E-state index in [0.717, 1.165) is 17.9 Å². The Balaban J connectivity index is 1.97. The van der Waals surface area contributed by atoms with Crippen LogP contribution in [-0.4, -0.2) is 30.0 Å². The number of carbonyl (C=O) groups is 1. The summed E-state index contributed by atoms with van der Waals surface area (Å²) in [6.45, 7) is 3.94. The monoisotopic (exact) mass is 289 g/mol. The molecule has 1 aromatic carbocycles. The molecule has 0 aliphatic carbocycles. The van der Waals surface area contributed by atoms with Crippen LogP contribution >= 0.6 is 11.8 Å². The van der Waals surface area contributed by atoms with Crippen LogP contribution in [-0.2, 0) is 6.54 Å². The molecule has 3 nitrogen and oxygen atoms in total. The average Bonchev–Trinajstić information content (AvgIpc) is 2.99. The first kappa shape index (κ1) is 14.9. The SMILES string of the molecule is CCN(CC(=O)c1ccc(SC)cc1)Cc1ccco1. The van der Waals surface area contributed by atoms with Gasteiger partial charge in [0.25, 0.3) is 0 Å². The Morgan fingerprint density at radius 1 is 1.25 bits per heavy atom. The number of hydrogen-bond donors (Lipinski definition) is 0. The smallest absolute Gasteiger partial charge is 0.176 e. The molecule has 0 aliphatic heterocycles. The first-order valence-corrected chi connectivity index (χ1v) is 7.87. The normalized spacial score (nSPS) is 10.9. The van der Waals surface area contributed by atoms with E-state index in [9.17, 15) is 4.79 Å². The third kappa shape index (κ3) is 3.99. The number of rotatable bonds is 7. The van der Waals surface area contributed by atoms with Gasteiger partial charge in [-0.1, -0.05) is 19.1 Å². The number of thioether (sulfide) groups is 1. The lowest BCUT2D eigenvalue weighted by Gasteiger charge is -2.18. The van der Waals surface area contributed by atoms with E-state index in [0.29, 0.717) is 13.1 Å². The van der Waals surface area contributed by atoms with Gasteiger partial charge in [0.2, 0.25) is 0 Å². The molecule has 106 valence electrons. The summed E-state index contributed by atoms with van der Waals surface area (Å²) in [4.78, 5) is 15.5. The average molecular weight is 289 g/mol. The van der Waals surface area contributed by atoms with Crippen molar-refractivity contribution >= 4 is 17.5 Å². The third-order valence-corrected chi connectivity index (χ3v) is 3.93. The summed E-state index contributed by atoms with van der Waals surface area (Å²) in [5.41, 5.74) is 0.765. The molecule has 1 aromatic heterocycles. The Bertz CT molecular complexity index is 534. The van der Waals surface area contributed by atoms with Crippen molar-refractivity contribution in [2.45, 2.75) is 18.4 Å². The second kappa shape index (κ2) is 7.31. The fraction of sp³-hybridized carbons (Fsp3) is 0.312. The van der Waals surface area contributed by atoms with Crippen LogP contribution in [0.4, 0.5) is 0 Å². The van der Waals surface area contributed by atoms with E-state index in [-0.39, 0.29) is 5.78 Å². The molecular formula is C16H19NO2S. The van der Waals surface area contributed by atoms with Crippen LogP contribution in [0.15, 0.2) is 52.0 Å². The number of nitrogens with zero attached hydrogens (tertiary/aromatic N) is 1. The highest BCUT2D eigenvalue weighted by atomic mass is 32.2. The predicted octanol–water partition coefficient (Wildman–Crippen LogP) is 3.71. The molecule has 0 N–H and O–H groups in total. The number of carbonyl (C=O) groups excluding carboxylic acids is 1. The molecule has 0 bridgehead atoms. The molecule has 0 saturated heterocycles. The molecule has 0 saturated carbocycles. The van der Waals surface area contributed by atoms with Crippen molar-refractivity contribution in [2.75, 3.05) is 19.3 Å². The fourth-order valence-electron chi connectivity index (χ4n) is 1.97. The number of ketones is 1. The summed E-state index contributed by atoms with van der Waals surface area (Å²) in [5, 5.41) is 0. The van der Waals surface area contributed by atoms with Crippen LogP contribution in [0, 0.1) is 0 Å². The van der Waals surface area contributed by atoms with Crippen LogP contribution in [0.25, 0.3) is 0 Å². The van der Waals surface area contributed by atoms with Gasteiger partial charge in [-0.2, -0.15) is 0 Å². The highest BCUT2D eigenvalue weighted by Crippen LogP contribution is 2.15. The van der Waals surface area contributed by atoms with E-state index in [1.54, 1.807) is 18.0 Å². The maximum Gasteiger partial charge on any atom is 0.176 e. The van der Waals surface area contributed by atoms with Gasteiger partial charge in [-0.3, -0.25) is 9.69 Å². The summed E-state index contributed by atoms with van der Waals surface area (Å²) < 4.78 is 5.33. The van der Waals surface area contributed by atoms with Gasteiger partial charge in [-0.15, -0.1) is 11.8 Å². The molecule has 0 unspecified atom stereocenters. The molecule has 0 amide bonds. The van der Waals surface area contributed by atoms with E-state index >= 15 is 0 Å². The van der Waals surface area contributed by atoms with Crippen LogP contribution in [0.2, 0.25) is 0 Å². The molecule has 0 spiro atoms. The molecule has 1 heterocycles. The first-order valence-electron chi connectivity index (χ1n) is 6.65. The fourth-order valence-corrected chi connectivity index (χ4v) is 2.38. The van der Waals surface area contributed by atoms with E-state index in [1.807, 2.05) is 49.6 Å². The molecule has 0 aliphatic rings. The highest BCUT2D eigenvalue weighted by Gasteiger charge is 2.12. The largest absolute Gasteiger partial charge is 0.468 e. The minimum atomic E-state index is 0.144. The zero-order valence-corrected chi connectivity index (χ0v) is 12.7. The lowest BCUT2D eigenvalue weighted by atomic mass is 10.1. The van der Waals surface area contributed by atoms with Crippen LogP contribution in [0.5, 0.6) is 0 Å². The molecule has 0 radical (unpaired) electrons. The zero-order valence-electron chi connectivity index (χ0n) is 11.8. The first-order chi connectivity index (χ1) is 9.72. The van der Waals surface area contributed by atoms with E-state index in [2.05, 4.69) is 4.90 Å². The molecule has 20 heavy (non-hydrogen) atoms. The van der Waals surface area contributed by atoms with Crippen LogP contribution in [0.3, 0.4) is 0 Å². The predicted molar refractivity (Wildman–Crippen MR) is 82.2 cm³/mol. The number of likely N-dealkylation sites (N-methyl/N-ethyl adjacent to an activating group) is 1. The number of Topliss-reactive ketones (excluding diaryl/α,β-unsaturated/α-hetero) is 1. The zero-order chi connectivity index (χ0) is 14.4. The van der Waals surface area contributed by atoms with Gasteiger partial charge >= 0.3 is 0 Å². The number of furan rings is 1. The third-order valence-electron chi connectivity index (χ3n) is 3.19. The van der Waals surface area contributed by atoms with E-state index in [4.69, 9.17) is 4.42 Å². The Kier molecular flexibility index (Phi) is 5.44. The molecule has 4 heteroatoms. The standard InChI is InChI=1S/C16H19NO2S/c1-3-17(11-14-5-4-10-19-14)12-16(18)13-6-8-15(20-2)9-7-13/h4-10H,3,11-12H2,1-2H3. The molecule has 0 atom stereocenters. The Hall–Kier alpha value is -1.52. The van der Waals surface area contributed by atoms with Crippen LogP contribution in [0.1, 0.15) is 23.0 Å². The van der Waals surface area contributed by atoms with Gasteiger partial charge in [0.15, 0.2) is 5.78 Å². The van der Waals surface area contributed by atoms with Gasteiger partial charge in [-0.05, 0) is 37.1 Å². The van der Waals surface area contributed by atoms with E-state index in [1.165, 1.54) is 4.90 Å². The molecule has 0 fully saturated rings. The number of benzene rings is 1. The van der Waals surface area contributed by atoms with Gasteiger partial charge in [0.1, 0.15) is 5.76 Å². The van der Waals surface area contributed by atoms with Crippen LogP contribution < -0.4 is 0 Å². The van der Waals surface area contributed by atoms with Gasteiger partial charge in [0.05, 0.1) is 19.4 Å². The Labute approximate surface area is 124 Å². The van der Waals surface area contributed by atoms with Gasteiger partial charge < -0.3 is 4.42 Å². The lowest BCUT2D eigenvalue weighted by Crippen LogP contribution is -2.29. The second-order valence-corrected chi connectivity index (χ2v) is 5.41. The Morgan fingerprint density at radius 3 is 2.55 bits per heavy atom. The summed E-state index contributed by atoms with van der Waals surface area (Å²) in [5.74, 6) is 1.03. The minimum Gasteiger partial charge on any atom is -0.468 e. The summed E-state index contributed by atoms with van der Waals surface area (Å²) in [6.07, 6.45) is 3.69. The molecule has 2 aromatic rings. The Morgan fingerprint density at radius 2 is 2.00 bits per heavy atom.